The van der Waals surface area contributed by atoms with Crippen LogP contribution in [0.15, 0.2) is 17.1 Å². The largest absolute Gasteiger partial charge is 0.465 e. The van der Waals surface area contributed by atoms with Crippen LogP contribution in [0.2, 0.25) is 0 Å². The Hall–Kier alpha value is -2.88. The molecule has 5 fully saturated rings. The van der Waals surface area contributed by atoms with Crippen LogP contribution in [0.3, 0.4) is 0 Å². The van der Waals surface area contributed by atoms with Crippen molar-refractivity contribution >= 4 is 17.9 Å². The summed E-state index contributed by atoms with van der Waals surface area (Å²) in [5.74, 6) is 0.848. The number of amides is 3. The third-order valence-corrected chi connectivity index (χ3v) is 11.2. The van der Waals surface area contributed by atoms with Crippen LogP contribution >= 0.6 is 0 Å². The fourth-order valence-corrected chi connectivity index (χ4v) is 8.10. The molecule has 10 nitrogen and oxygen atoms in total. The number of carboxylic acid groups (broad SMARTS) is 1. The molecule has 230 valence electrons. The highest BCUT2D eigenvalue weighted by Gasteiger charge is 2.56. The predicted octanol–water partition coefficient (Wildman–Crippen LogP) is 3.51. The highest BCUT2D eigenvalue weighted by atomic mass is 16.4. The molecule has 2 aliphatic heterocycles. The van der Waals surface area contributed by atoms with Gasteiger partial charge in [0.15, 0.2) is 0 Å². The number of nitrogens with zero attached hydrogens (tertiary/aromatic N) is 4. The molecule has 5 aliphatic rings. The third-order valence-electron chi connectivity index (χ3n) is 11.2. The first kappa shape index (κ1) is 29.2. The van der Waals surface area contributed by atoms with Gasteiger partial charge in [0.2, 0.25) is 5.91 Å². The molecule has 1 spiro atoms. The van der Waals surface area contributed by atoms with E-state index in [2.05, 4.69) is 0 Å². The average molecular weight is 583 g/mol. The lowest BCUT2D eigenvalue weighted by Crippen LogP contribution is -2.62. The van der Waals surface area contributed by atoms with Crippen LogP contribution in [0.4, 0.5) is 4.79 Å². The Labute approximate surface area is 247 Å². The van der Waals surface area contributed by atoms with Crippen LogP contribution in [-0.2, 0) is 11.3 Å². The van der Waals surface area contributed by atoms with Crippen LogP contribution in [-0.4, -0.2) is 92.3 Å². The van der Waals surface area contributed by atoms with E-state index < -0.39 is 17.1 Å². The first-order chi connectivity index (χ1) is 20.1. The van der Waals surface area contributed by atoms with Gasteiger partial charge in [-0.25, -0.2) is 4.79 Å². The first-order valence-electron chi connectivity index (χ1n) is 16.1. The molecule has 0 radical (unpaired) electrons. The second-order valence-corrected chi connectivity index (χ2v) is 13.9. The number of aliphatic hydroxyl groups is 1. The number of hydrogen-bond acceptors (Lipinski definition) is 5. The number of carbonyl (C=O) groups is 3. The SMILES string of the molecule is CC(CC1CCC1)C(=O)N1CCC(O)(Cn2cc(C(=O)N3CCN(C(=O)O)CC3)c(C3CC3)cc2=O)C2(CCCC2)C1. The van der Waals surface area contributed by atoms with Crippen LogP contribution in [0.1, 0.15) is 99.4 Å². The zero-order valence-corrected chi connectivity index (χ0v) is 24.9. The predicted molar refractivity (Wildman–Crippen MR) is 156 cm³/mol. The monoisotopic (exact) mass is 582 g/mol. The van der Waals surface area contributed by atoms with Crippen LogP contribution < -0.4 is 5.56 Å². The minimum atomic E-state index is -1.16. The van der Waals surface area contributed by atoms with Crippen LogP contribution in [0.25, 0.3) is 0 Å². The summed E-state index contributed by atoms with van der Waals surface area (Å²) in [7, 11) is 0. The Morgan fingerprint density at radius 2 is 1.60 bits per heavy atom. The molecule has 2 atom stereocenters. The summed E-state index contributed by atoms with van der Waals surface area (Å²) >= 11 is 0. The van der Waals surface area contributed by atoms with Crippen molar-refractivity contribution in [3.63, 3.8) is 0 Å². The Morgan fingerprint density at radius 3 is 2.19 bits per heavy atom. The summed E-state index contributed by atoms with van der Waals surface area (Å²) in [6.07, 6.45) is 11.2. The van der Waals surface area contributed by atoms with E-state index in [1.165, 1.54) is 28.7 Å². The van der Waals surface area contributed by atoms with Crippen molar-refractivity contribution in [1.29, 1.82) is 0 Å². The number of carbonyl (C=O) groups excluding carboxylic acids is 2. The maximum atomic E-state index is 13.7. The molecule has 3 saturated carbocycles. The molecule has 6 rings (SSSR count). The summed E-state index contributed by atoms with van der Waals surface area (Å²) in [6, 6.07) is 1.59. The topological polar surface area (TPSA) is 123 Å². The van der Waals surface area contributed by atoms with Gasteiger partial charge in [-0.1, -0.05) is 39.0 Å². The quantitative estimate of drug-likeness (QED) is 0.507. The summed E-state index contributed by atoms with van der Waals surface area (Å²) in [5.41, 5.74) is -0.579. The Balaban J connectivity index is 1.23. The number of piperidine rings is 1. The minimum absolute atomic E-state index is 0.0107. The number of hydrogen-bond donors (Lipinski definition) is 2. The molecular weight excluding hydrogens is 536 g/mol. The van der Waals surface area contributed by atoms with Gasteiger partial charge in [-0.3, -0.25) is 14.4 Å². The van der Waals surface area contributed by atoms with Gasteiger partial charge in [0, 0.05) is 62.9 Å². The number of aromatic nitrogens is 1. The second kappa shape index (κ2) is 11.3. The fraction of sp³-hybridized carbons (Fsp3) is 0.750. The molecule has 1 aromatic rings. The van der Waals surface area contributed by atoms with Crippen molar-refractivity contribution in [2.24, 2.45) is 17.3 Å². The lowest BCUT2D eigenvalue weighted by molar-refractivity contribution is -0.163. The highest BCUT2D eigenvalue weighted by molar-refractivity contribution is 5.96. The molecule has 0 aromatic carbocycles. The molecular formula is C32H46N4O6. The second-order valence-electron chi connectivity index (χ2n) is 13.9. The number of pyridine rings is 1. The normalized spacial score (nSPS) is 26.8. The van der Waals surface area contributed by atoms with Gasteiger partial charge < -0.3 is 29.5 Å². The van der Waals surface area contributed by atoms with Crippen molar-refractivity contribution in [3.8, 4) is 0 Å². The van der Waals surface area contributed by atoms with Gasteiger partial charge >= 0.3 is 6.09 Å². The van der Waals surface area contributed by atoms with E-state index in [-0.39, 0.29) is 48.8 Å². The zero-order valence-electron chi connectivity index (χ0n) is 24.9. The lowest BCUT2D eigenvalue weighted by Gasteiger charge is -2.53. The minimum Gasteiger partial charge on any atom is -0.465 e. The van der Waals surface area contributed by atoms with E-state index in [1.807, 2.05) is 11.8 Å². The Kier molecular flexibility index (Phi) is 7.87. The maximum Gasteiger partial charge on any atom is 0.407 e. The Bertz CT molecular complexity index is 1270. The first-order valence-corrected chi connectivity index (χ1v) is 16.1. The maximum absolute atomic E-state index is 13.7. The van der Waals surface area contributed by atoms with Crippen molar-refractivity contribution in [2.45, 2.75) is 95.6 Å². The fourth-order valence-electron chi connectivity index (χ4n) is 8.10. The third kappa shape index (κ3) is 5.47. The zero-order chi connectivity index (χ0) is 29.6. The van der Waals surface area contributed by atoms with Gasteiger partial charge in [-0.05, 0) is 55.9 Å². The van der Waals surface area contributed by atoms with Gasteiger partial charge in [-0.15, -0.1) is 0 Å². The van der Waals surface area contributed by atoms with E-state index in [9.17, 15) is 29.4 Å². The van der Waals surface area contributed by atoms with Gasteiger partial charge in [0.05, 0.1) is 17.7 Å². The number of rotatable bonds is 7. The average Bonchev–Trinajstić information content (AvgIpc) is 3.70. The Morgan fingerprint density at radius 1 is 0.929 bits per heavy atom. The summed E-state index contributed by atoms with van der Waals surface area (Å²) in [4.78, 5) is 57.0. The molecule has 42 heavy (non-hydrogen) atoms. The molecule has 2 saturated heterocycles. The highest BCUT2D eigenvalue weighted by Crippen LogP contribution is 2.52. The lowest BCUT2D eigenvalue weighted by atomic mass is 9.65. The molecule has 1 aromatic heterocycles. The van der Waals surface area contributed by atoms with Crippen LogP contribution in [0.5, 0.6) is 0 Å². The van der Waals surface area contributed by atoms with Crippen molar-refractivity contribution in [3.05, 3.63) is 33.7 Å². The molecule has 3 aliphatic carbocycles. The number of piperazine rings is 1. The molecule has 0 bridgehead atoms. The van der Waals surface area contributed by atoms with E-state index in [4.69, 9.17) is 0 Å². The van der Waals surface area contributed by atoms with Gasteiger partial charge in [-0.2, -0.15) is 0 Å². The van der Waals surface area contributed by atoms with E-state index >= 15 is 0 Å². The van der Waals surface area contributed by atoms with Crippen molar-refractivity contribution in [1.82, 2.24) is 19.3 Å². The van der Waals surface area contributed by atoms with Gasteiger partial charge in [0.25, 0.3) is 11.5 Å². The van der Waals surface area contributed by atoms with Crippen LogP contribution in [0, 0.1) is 17.3 Å². The van der Waals surface area contributed by atoms with Gasteiger partial charge in [0.1, 0.15) is 0 Å². The standard InChI is InChI=1S/C32H46N4O6/c1-22(17-23-5-4-6-23)28(38)35-12-11-32(42,31(20-35)9-2-3-10-31)21-36-19-26(25(18-27(36)37)24-7-8-24)29(39)33-13-15-34(16-14-33)30(40)41/h18-19,22-24,42H,2-17,20-21H2,1H3,(H,40,41). The van der Waals surface area contributed by atoms with E-state index in [0.29, 0.717) is 44.1 Å². The van der Waals surface area contributed by atoms with Crippen molar-refractivity contribution < 1.29 is 24.6 Å². The van der Waals surface area contributed by atoms with Crippen molar-refractivity contribution in [2.75, 3.05) is 39.3 Å². The molecule has 2 N–H and O–H groups in total. The molecule has 10 heteroatoms. The summed E-state index contributed by atoms with van der Waals surface area (Å²) in [6.45, 7) is 4.28. The summed E-state index contributed by atoms with van der Waals surface area (Å²) < 4.78 is 1.53. The molecule has 3 amide bonds. The van der Waals surface area contributed by atoms with E-state index in [1.54, 1.807) is 17.2 Å². The summed E-state index contributed by atoms with van der Waals surface area (Å²) in [5, 5.41) is 21.6. The van der Waals surface area contributed by atoms with E-state index in [0.717, 1.165) is 50.5 Å². The number of likely N-dealkylation sites (tertiary alicyclic amines) is 1. The smallest absolute Gasteiger partial charge is 0.407 e. The molecule has 2 unspecified atom stereocenters. The molecule has 3 heterocycles.